The second-order valence-corrected chi connectivity index (χ2v) is 7.83. The third kappa shape index (κ3) is 5.05. The Morgan fingerprint density at radius 1 is 1.09 bits per heavy atom. The summed E-state index contributed by atoms with van der Waals surface area (Å²) in [5.74, 6) is -0.487. The Morgan fingerprint density at radius 3 is 2.51 bits per heavy atom. The lowest BCUT2D eigenvalue weighted by atomic mass is 10.0. The van der Waals surface area contributed by atoms with Gasteiger partial charge in [0.2, 0.25) is 5.95 Å². The number of aryl methyl sites for hydroxylation is 1. The predicted molar refractivity (Wildman–Crippen MR) is 119 cm³/mol. The molecule has 12 heteroatoms. The average Bonchev–Trinajstić information content (AvgIpc) is 3.20. The monoisotopic (exact) mass is 488 g/mol. The first-order chi connectivity index (χ1) is 16.5. The number of rotatable bonds is 6. The van der Waals surface area contributed by atoms with Crippen LogP contribution in [0.3, 0.4) is 0 Å². The van der Waals surface area contributed by atoms with Crippen molar-refractivity contribution < 1.29 is 22.0 Å². The van der Waals surface area contributed by atoms with E-state index in [1.807, 2.05) is 0 Å². The number of oxazole rings is 1. The van der Waals surface area contributed by atoms with Gasteiger partial charge in [-0.2, -0.15) is 18.2 Å². The molecule has 0 fully saturated rings. The van der Waals surface area contributed by atoms with Crippen molar-refractivity contribution in [1.82, 2.24) is 24.5 Å². The highest BCUT2D eigenvalue weighted by Gasteiger charge is 2.32. The Bertz CT molecular complexity index is 1410. The van der Waals surface area contributed by atoms with Crippen LogP contribution in [0.1, 0.15) is 48.7 Å². The molecule has 0 bridgehead atoms. The first-order valence-corrected chi connectivity index (χ1v) is 10.5. The summed E-state index contributed by atoms with van der Waals surface area (Å²) in [5.41, 5.74) is 1.23. The van der Waals surface area contributed by atoms with Gasteiger partial charge in [0.25, 0.3) is 0 Å². The smallest absolute Gasteiger partial charge is 0.416 e. The maximum Gasteiger partial charge on any atom is 0.433 e. The first kappa shape index (κ1) is 24.0. The van der Waals surface area contributed by atoms with Gasteiger partial charge in [-0.25, -0.2) is 18.7 Å². The molecule has 0 amide bonds. The van der Waals surface area contributed by atoms with Crippen molar-refractivity contribution >= 4 is 5.95 Å². The van der Waals surface area contributed by atoms with Gasteiger partial charge in [-0.3, -0.25) is 9.97 Å². The number of alkyl halides is 4. The Kier molecular flexibility index (Phi) is 6.37. The summed E-state index contributed by atoms with van der Waals surface area (Å²) in [6.07, 6.45) is -0.942. The van der Waals surface area contributed by atoms with E-state index in [1.165, 1.54) is 31.5 Å². The van der Waals surface area contributed by atoms with Gasteiger partial charge >= 0.3 is 11.9 Å². The van der Waals surface area contributed by atoms with Gasteiger partial charge in [-0.1, -0.05) is 0 Å². The predicted octanol–water partition coefficient (Wildman–Crippen LogP) is 5.21. The quantitative estimate of drug-likeness (QED) is 0.372. The van der Waals surface area contributed by atoms with E-state index in [-0.39, 0.29) is 17.5 Å². The standard InChI is InChI=1S/C23H20F4N6O2/c1-12-8-17(30-10-16(12)15-4-6-28-19(9-15)23(25,26)27)14(3)31-21-29-7-5-20(32-21)33-18(13(2)24)11-35-22(33)34/h4-11,13-14H,1-3H3,(H,29,31,32)/t13-,14-/m0/s1. The van der Waals surface area contributed by atoms with Crippen LogP contribution in [-0.4, -0.2) is 24.5 Å². The molecule has 0 saturated heterocycles. The van der Waals surface area contributed by atoms with Crippen LogP contribution in [0.25, 0.3) is 16.9 Å². The highest BCUT2D eigenvalue weighted by molar-refractivity contribution is 5.66. The van der Waals surface area contributed by atoms with Crippen LogP contribution in [-0.2, 0) is 6.18 Å². The second kappa shape index (κ2) is 9.28. The van der Waals surface area contributed by atoms with Crippen molar-refractivity contribution in [2.45, 2.75) is 39.2 Å². The molecule has 35 heavy (non-hydrogen) atoms. The van der Waals surface area contributed by atoms with E-state index in [1.54, 1.807) is 19.9 Å². The van der Waals surface area contributed by atoms with E-state index in [9.17, 15) is 22.4 Å². The maximum atomic E-state index is 13.9. The van der Waals surface area contributed by atoms with E-state index >= 15 is 0 Å². The third-order valence-electron chi connectivity index (χ3n) is 5.28. The van der Waals surface area contributed by atoms with Crippen LogP contribution < -0.4 is 11.1 Å². The number of nitrogens with zero attached hydrogens (tertiary/aromatic N) is 5. The summed E-state index contributed by atoms with van der Waals surface area (Å²) < 4.78 is 58.7. The molecule has 0 unspecified atom stereocenters. The summed E-state index contributed by atoms with van der Waals surface area (Å²) in [7, 11) is 0. The topological polar surface area (TPSA) is 98.7 Å². The van der Waals surface area contributed by atoms with Crippen molar-refractivity contribution in [2.24, 2.45) is 0 Å². The number of aromatic nitrogens is 5. The Balaban J connectivity index is 1.58. The fourth-order valence-electron chi connectivity index (χ4n) is 3.50. The van der Waals surface area contributed by atoms with Gasteiger partial charge in [0.05, 0.1) is 11.7 Å². The van der Waals surface area contributed by atoms with Crippen molar-refractivity contribution in [2.75, 3.05) is 5.32 Å². The Hall–Kier alpha value is -4.09. The van der Waals surface area contributed by atoms with Crippen LogP contribution in [0, 0.1) is 6.92 Å². The SMILES string of the molecule is Cc1cc([C@H](C)Nc2nccc(-n3c([C@H](C)F)coc3=O)n2)ncc1-c1ccnc(C(F)(F)F)c1. The van der Waals surface area contributed by atoms with Crippen molar-refractivity contribution in [3.8, 4) is 16.9 Å². The Morgan fingerprint density at radius 2 is 1.83 bits per heavy atom. The lowest BCUT2D eigenvalue weighted by Crippen LogP contribution is -2.18. The molecular formula is C23H20F4N6O2. The van der Waals surface area contributed by atoms with Crippen molar-refractivity contribution in [3.63, 3.8) is 0 Å². The van der Waals surface area contributed by atoms with E-state index in [2.05, 4.69) is 25.3 Å². The van der Waals surface area contributed by atoms with Crippen LogP contribution in [0.2, 0.25) is 0 Å². The molecule has 0 radical (unpaired) electrons. The summed E-state index contributed by atoms with van der Waals surface area (Å²) in [6.45, 7) is 4.84. The molecule has 4 aromatic rings. The van der Waals surface area contributed by atoms with Crippen molar-refractivity contribution in [3.05, 3.63) is 82.3 Å². The Labute approximate surface area is 196 Å². The number of hydrogen-bond donors (Lipinski definition) is 1. The lowest BCUT2D eigenvalue weighted by Gasteiger charge is -2.16. The second-order valence-electron chi connectivity index (χ2n) is 7.83. The first-order valence-electron chi connectivity index (χ1n) is 10.5. The zero-order valence-corrected chi connectivity index (χ0v) is 18.8. The molecule has 0 aliphatic rings. The highest BCUT2D eigenvalue weighted by Crippen LogP contribution is 2.32. The molecule has 4 heterocycles. The molecule has 0 aliphatic carbocycles. The average molecular weight is 488 g/mol. The summed E-state index contributed by atoms with van der Waals surface area (Å²) in [6, 6.07) is 5.26. The molecular weight excluding hydrogens is 468 g/mol. The van der Waals surface area contributed by atoms with Gasteiger partial charge in [-0.15, -0.1) is 0 Å². The maximum absolute atomic E-state index is 13.9. The molecule has 4 aromatic heterocycles. The third-order valence-corrected chi connectivity index (χ3v) is 5.28. The van der Waals surface area contributed by atoms with Crippen LogP contribution in [0.5, 0.6) is 0 Å². The fraction of sp³-hybridized carbons (Fsp3) is 0.261. The largest absolute Gasteiger partial charge is 0.433 e. The summed E-state index contributed by atoms with van der Waals surface area (Å²) >= 11 is 0. The van der Waals surface area contributed by atoms with Gasteiger partial charge < -0.3 is 9.73 Å². The number of anilines is 1. The van der Waals surface area contributed by atoms with Crippen LogP contribution in [0.4, 0.5) is 23.5 Å². The van der Waals surface area contributed by atoms with Gasteiger partial charge in [0.1, 0.15) is 29.6 Å². The van der Waals surface area contributed by atoms with Gasteiger partial charge in [-0.05, 0) is 50.1 Å². The molecule has 1 N–H and O–H groups in total. The minimum absolute atomic E-state index is 0.0189. The van der Waals surface area contributed by atoms with Crippen LogP contribution in [0.15, 0.2) is 58.3 Å². The molecule has 182 valence electrons. The number of halogens is 4. The summed E-state index contributed by atoms with van der Waals surface area (Å²) in [4.78, 5) is 28.2. The molecule has 8 nitrogen and oxygen atoms in total. The zero-order valence-electron chi connectivity index (χ0n) is 18.8. The highest BCUT2D eigenvalue weighted by atomic mass is 19.4. The number of hydrogen-bond acceptors (Lipinski definition) is 7. The van der Waals surface area contributed by atoms with E-state index in [4.69, 9.17) is 4.42 Å². The normalized spacial score (nSPS) is 13.5. The van der Waals surface area contributed by atoms with Gasteiger partial charge in [0.15, 0.2) is 0 Å². The fourth-order valence-corrected chi connectivity index (χ4v) is 3.50. The van der Waals surface area contributed by atoms with E-state index < -0.39 is 29.8 Å². The zero-order chi connectivity index (χ0) is 25.3. The number of pyridine rings is 2. The lowest BCUT2D eigenvalue weighted by molar-refractivity contribution is -0.141. The molecule has 2 atom stereocenters. The molecule has 0 aliphatic heterocycles. The van der Waals surface area contributed by atoms with E-state index in [0.29, 0.717) is 22.4 Å². The number of nitrogens with one attached hydrogen (secondary N) is 1. The van der Waals surface area contributed by atoms with E-state index in [0.717, 1.165) is 23.1 Å². The van der Waals surface area contributed by atoms with Crippen molar-refractivity contribution in [1.29, 1.82) is 0 Å². The molecule has 0 spiro atoms. The van der Waals surface area contributed by atoms with Gasteiger partial charge in [0, 0.05) is 30.2 Å². The molecule has 0 saturated carbocycles. The summed E-state index contributed by atoms with van der Waals surface area (Å²) in [5, 5.41) is 3.06. The minimum atomic E-state index is -4.55. The minimum Gasteiger partial charge on any atom is -0.416 e. The molecule has 4 rings (SSSR count). The molecule has 0 aromatic carbocycles. The van der Waals surface area contributed by atoms with Crippen LogP contribution >= 0.6 is 0 Å².